The molecule has 2 heteroatoms. The number of benzene rings is 2. The lowest BCUT2D eigenvalue weighted by atomic mass is 9.90. The number of methoxy groups -OCH3 is 2. The molecule has 0 aliphatic heterocycles. The fraction of sp³-hybridized carbons (Fsp3) is 0.294. The van der Waals surface area contributed by atoms with Crippen LogP contribution in [0.1, 0.15) is 29.5 Å². The molecule has 2 nitrogen and oxygen atoms in total. The summed E-state index contributed by atoms with van der Waals surface area (Å²) in [7, 11) is 3.36. The highest BCUT2D eigenvalue weighted by molar-refractivity contribution is 5.44. The SMILES string of the molecule is COc1cc(OC)cc(C(C)c2ccccc2C)c1. The summed E-state index contributed by atoms with van der Waals surface area (Å²) in [5, 5.41) is 0. The van der Waals surface area contributed by atoms with Crippen LogP contribution in [0.25, 0.3) is 0 Å². The van der Waals surface area contributed by atoms with E-state index < -0.39 is 0 Å². The fourth-order valence-electron chi connectivity index (χ4n) is 2.33. The normalized spacial score (nSPS) is 12.0. The van der Waals surface area contributed by atoms with Gasteiger partial charge in [0.15, 0.2) is 0 Å². The zero-order valence-corrected chi connectivity index (χ0v) is 11.9. The van der Waals surface area contributed by atoms with Gasteiger partial charge in [-0.2, -0.15) is 0 Å². The van der Waals surface area contributed by atoms with E-state index in [4.69, 9.17) is 9.47 Å². The highest BCUT2D eigenvalue weighted by Crippen LogP contribution is 2.32. The van der Waals surface area contributed by atoms with Gasteiger partial charge < -0.3 is 9.47 Å². The molecule has 0 saturated carbocycles. The van der Waals surface area contributed by atoms with Gasteiger partial charge in [-0.05, 0) is 35.7 Å². The molecular formula is C17H20O2. The van der Waals surface area contributed by atoms with Crippen molar-refractivity contribution in [2.75, 3.05) is 14.2 Å². The van der Waals surface area contributed by atoms with Gasteiger partial charge in [-0.1, -0.05) is 31.2 Å². The highest BCUT2D eigenvalue weighted by atomic mass is 16.5. The molecule has 0 bridgehead atoms. The van der Waals surface area contributed by atoms with Crippen LogP contribution in [0.5, 0.6) is 11.5 Å². The summed E-state index contributed by atoms with van der Waals surface area (Å²) in [4.78, 5) is 0. The standard InChI is InChI=1S/C17H20O2/c1-12-7-5-6-8-17(12)13(2)14-9-15(18-3)11-16(10-14)19-4/h5-11,13H,1-4H3. The molecule has 0 fully saturated rings. The maximum Gasteiger partial charge on any atom is 0.122 e. The van der Waals surface area contributed by atoms with Crippen LogP contribution < -0.4 is 9.47 Å². The third kappa shape index (κ3) is 2.90. The van der Waals surface area contributed by atoms with E-state index in [0.29, 0.717) is 5.92 Å². The Hall–Kier alpha value is -1.96. The van der Waals surface area contributed by atoms with Crippen molar-refractivity contribution in [2.45, 2.75) is 19.8 Å². The minimum atomic E-state index is 0.310. The third-order valence-corrected chi connectivity index (χ3v) is 3.53. The summed E-state index contributed by atoms with van der Waals surface area (Å²) >= 11 is 0. The van der Waals surface area contributed by atoms with Crippen LogP contribution >= 0.6 is 0 Å². The molecule has 0 heterocycles. The molecule has 2 aromatic carbocycles. The topological polar surface area (TPSA) is 18.5 Å². The third-order valence-electron chi connectivity index (χ3n) is 3.53. The van der Waals surface area contributed by atoms with E-state index in [9.17, 15) is 0 Å². The Balaban J connectivity index is 2.43. The summed E-state index contributed by atoms with van der Waals surface area (Å²) in [6.45, 7) is 4.35. The zero-order valence-electron chi connectivity index (χ0n) is 11.9. The Morgan fingerprint density at radius 1 is 0.895 bits per heavy atom. The van der Waals surface area contributed by atoms with Gasteiger partial charge in [0, 0.05) is 12.0 Å². The summed E-state index contributed by atoms with van der Waals surface area (Å²) in [6.07, 6.45) is 0. The highest BCUT2D eigenvalue weighted by Gasteiger charge is 2.13. The van der Waals surface area contributed by atoms with Crippen LogP contribution in [0.2, 0.25) is 0 Å². The summed E-state index contributed by atoms with van der Waals surface area (Å²) in [5.74, 6) is 1.97. The van der Waals surface area contributed by atoms with Crippen molar-refractivity contribution in [2.24, 2.45) is 0 Å². The summed E-state index contributed by atoms with van der Waals surface area (Å²) in [6, 6.07) is 14.5. The lowest BCUT2D eigenvalue weighted by Gasteiger charge is -2.17. The van der Waals surface area contributed by atoms with E-state index in [2.05, 4.69) is 50.2 Å². The monoisotopic (exact) mass is 256 g/mol. The first-order valence-corrected chi connectivity index (χ1v) is 6.44. The molecule has 1 unspecified atom stereocenters. The van der Waals surface area contributed by atoms with Gasteiger partial charge in [0.05, 0.1) is 14.2 Å². The van der Waals surface area contributed by atoms with Crippen LogP contribution in [-0.4, -0.2) is 14.2 Å². The summed E-state index contributed by atoms with van der Waals surface area (Å²) < 4.78 is 10.7. The second-order valence-corrected chi connectivity index (χ2v) is 4.72. The van der Waals surface area contributed by atoms with E-state index >= 15 is 0 Å². The van der Waals surface area contributed by atoms with Gasteiger partial charge in [-0.3, -0.25) is 0 Å². The molecule has 0 radical (unpaired) electrons. The molecule has 19 heavy (non-hydrogen) atoms. The second-order valence-electron chi connectivity index (χ2n) is 4.72. The molecule has 0 aliphatic rings. The number of ether oxygens (including phenoxy) is 2. The molecular weight excluding hydrogens is 236 g/mol. The first-order valence-electron chi connectivity index (χ1n) is 6.44. The summed E-state index contributed by atoms with van der Waals surface area (Å²) in [5.41, 5.74) is 3.83. The van der Waals surface area contributed by atoms with Crippen LogP contribution in [0.4, 0.5) is 0 Å². The van der Waals surface area contributed by atoms with E-state index in [-0.39, 0.29) is 0 Å². The van der Waals surface area contributed by atoms with Crippen molar-refractivity contribution in [3.63, 3.8) is 0 Å². The minimum absolute atomic E-state index is 0.310. The molecule has 0 spiro atoms. The van der Waals surface area contributed by atoms with Gasteiger partial charge in [0.1, 0.15) is 11.5 Å². The lowest BCUT2D eigenvalue weighted by molar-refractivity contribution is 0.393. The number of hydrogen-bond donors (Lipinski definition) is 0. The number of rotatable bonds is 4. The largest absolute Gasteiger partial charge is 0.497 e. The van der Waals surface area contributed by atoms with Crippen molar-refractivity contribution in [3.8, 4) is 11.5 Å². The number of hydrogen-bond acceptors (Lipinski definition) is 2. The molecule has 100 valence electrons. The van der Waals surface area contributed by atoms with E-state index in [0.717, 1.165) is 11.5 Å². The average Bonchev–Trinajstić information content (AvgIpc) is 2.46. The maximum absolute atomic E-state index is 5.33. The van der Waals surface area contributed by atoms with Crippen LogP contribution in [0, 0.1) is 6.92 Å². The first kappa shape index (κ1) is 13.5. The molecule has 0 amide bonds. The van der Waals surface area contributed by atoms with E-state index in [1.807, 2.05) is 6.07 Å². The Labute approximate surface area is 115 Å². The smallest absolute Gasteiger partial charge is 0.122 e. The Morgan fingerprint density at radius 2 is 1.47 bits per heavy atom. The first-order chi connectivity index (χ1) is 9.15. The van der Waals surface area contributed by atoms with Crippen LogP contribution in [0.15, 0.2) is 42.5 Å². The maximum atomic E-state index is 5.33. The Morgan fingerprint density at radius 3 is 2.00 bits per heavy atom. The van der Waals surface area contributed by atoms with Gasteiger partial charge in [-0.15, -0.1) is 0 Å². The van der Waals surface area contributed by atoms with Gasteiger partial charge in [0.25, 0.3) is 0 Å². The van der Waals surface area contributed by atoms with E-state index in [1.54, 1.807) is 14.2 Å². The van der Waals surface area contributed by atoms with Crippen molar-refractivity contribution in [1.82, 2.24) is 0 Å². The molecule has 0 aromatic heterocycles. The van der Waals surface area contributed by atoms with Crippen molar-refractivity contribution < 1.29 is 9.47 Å². The molecule has 2 aromatic rings. The van der Waals surface area contributed by atoms with Crippen molar-refractivity contribution in [1.29, 1.82) is 0 Å². The molecule has 0 aliphatic carbocycles. The Bertz CT molecular complexity index is 539. The van der Waals surface area contributed by atoms with Crippen LogP contribution in [0.3, 0.4) is 0 Å². The van der Waals surface area contributed by atoms with Crippen molar-refractivity contribution >= 4 is 0 Å². The molecule has 1 atom stereocenters. The van der Waals surface area contributed by atoms with Crippen LogP contribution in [-0.2, 0) is 0 Å². The molecule has 0 saturated heterocycles. The predicted octanol–water partition coefficient (Wildman–Crippen LogP) is 4.16. The molecule has 2 rings (SSSR count). The van der Waals surface area contributed by atoms with Gasteiger partial charge >= 0.3 is 0 Å². The van der Waals surface area contributed by atoms with Gasteiger partial charge in [-0.25, -0.2) is 0 Å². The number of aryl methyl sites for hydroxylation is 1. The average molecular weight is 256 g/mol. The van der Waals surface area contributed by atoms with Gasteiger partial charge in [0.2, 0.25) is 0 Å². The Kier molecular flexibility index (Phi) is 4.10. The van der Waals surface area contributed by atoms with Crippen molar-refractivity contribution in [3.05, 3.63) is 59.2 Å². The zero-order chi connectivity index (χ0) is 13.8. The predicted molar refractivity (Wildman–Crippen MR) is 78.2 cm³/mol. The van der Waals surface area contributed by atoms with E-state index in [1.165, 1.54) is 16.7 Å². The minimum Gasteiger partial charge on any atom is -0.497 e. The second kappa shape index (κ2) is 5.79. The molecule has 0 N–H and O–H groups in total. The lowest BCUT2D eigenvalue weighted by Crippen LogP contribution is -2.00. The fourth-order valence-corrected chi connectivity index (χ4v) is 2.33. The quantitative estimate of drug-likeness (QED) is 0.817.